The van der Waals surface area contributed by atoms with E-state index in [4.69, 9.17) is 5.11 Å². The molecule has 3 rings (SSSR count). The van der Waals surface area contributed by atoms with E-state index in [1.54, 1.807) is 15.5 Å². The largest absolute Gasteiger partial charge is 0.477 e. The lowest BCUT2D eigenvalue weighted by atomic mass is 10.1. The van der Waals surface area contributed by atoms with Crippen molar-refractivity contribution < 1.29 is 19.4 Å². The fourth-order valence-corrected chi connectivity index (χ4v) is 3.01. The fourth-order valence-electron chi connectivity index (χ4n) is 3.01. The summed E-state index contributed by atoms with van der Waals surface area (Å²) in [6.07, 6.45) is 0.526. The Balaban J connectivity index is 2.22. The third-order valence-electron chi connectivity index (χ3n) is 4.22. The number of hydrogen-bond acceptors (Lipinski definition) is 5. The van der Waals surface area contributed by atoms with Gasteiger partial charge in [0.1, 0.15) is 17.6 Å². The van der Waals surface area contributed by atoms with Crippen LogP contribution in [0.25, 0.3) is 10.9 Å². The second kappa shape index (κ2) is 6.21. The Morgan fingerprint density at radius 3 is 2.83 bits per heavy atom. The van der Waals surface area contributed by atoms with E-state index in [0.29, 0.717) is 25.2 Å². The number of aliphatic hydroxyl groups is 1. The van der Waals surface area contributed by atoms with Crippen molar-refractivity contribution in [2.75, 3.05) is 24.5 Å². The van der Waals surface area contributed by atoms with E-state index in [2.05, 4.69) is 5.32 Å². The van der Waals surface area contributed by atoms with Crippen LogP contribution in [0.5, 0.6) is 0 Å². The highest BCUT2D eigenvalue weighted by molar-refractivity contribution is 5.93. The van der Waals surface area contributed by atoms with Gasteiger partial charge in [-0.15, -0.1) is 0 Å². The first kappa shape index (κ1) is 16.4. The number of fused-ring (bicyclic) bond motifs is 1. The number of carboxylic acid groups (broad SMARTS) is 1. The van der Waals surface area contributed by atoms with Crippen LogP contribution in [-0.2, 0) is 6.54 Å². The molecule has 0 amide bonds. The third kappa shape index (κ3) is 2.74. The van der Waals surface area contributed by atoms with Crippen molar-refractivity contribution in [3.8, 4) is 0 Å². The van der Waals surface area contributed by atoms with Crippen LogP contribution in [0.3, 0.4) is 0 Å². The zero-order valence-electron chi connectivity index (χ0n) is 13.1. The molecule has 1 saturated heterocycles. The summed E-state index contributed by atoms with van der Waals surface area (Å²) in [5.41, 5.74) is -0.327. The molecule has 8 heteroatoms. The number of aromatic nitrogens is 1. The van der Waals surface area contributed by atoms with Crippen molar-refractivity contribution in [1.29, 1.82) is 0 Å². The number of carboxylic acids is 1. The van der Waals surface area contributed by atoms with Gasteiger partial charge in [0, 0.05) is 31.2 Å². The number of β-amino-alcohol motifs (C(OH)–C–C–N with tert-alkyl or cyclic N) is 1. The molecule has 1 aliphatic rings. The van der Waals surface area contributed by atoms with Gasteiger partial charge in [-0.25, -0.2) is 9.18 Å². The summed E-state index contributed by atoms with van der Waals surface area (Å²) in [4.78, 5) is 25.2. The lowest BCUT2D eigenvalue weighted by Gasteiger charge is -2.33. The van der Waals surface area contributed by atoms with E-state index in [1.165, 1.54) is 6.20 Å². The topological polar surface area (TPSA) is 94.8 Å². The number of anilines is 1. The summed E-state index contributed by atoms with van der Waals surface area (Å²) in [6.45, 7) is 3.51. The number of rotatable bonds is 3. The van der Waals surface area contributed by atoms with Gasteiger partial charge in [-0.3, -0.25) is 10.1 Å². The van der Waals surface area contributed by atoms with Gasteiger partial charge in [-0.2, -0.15) is 0 Å². The lowest BCUT2D eigenvalue weighted by molar-refractivity contribution is 0.0694. The van der Waals surface area contributed by atoms with Crippen LogP contribution in [0.2, 0.25) is 0 Å². The molecule has 1 unspecified atom stereocenters. The number of benzene rings is 1. The van der Waals surface area contributed by atoms with Crippen molar-refractivity contribution in [3.63, 3.8) is 0 Å². The molecule has 1 fully saturated rings. The molecule has 0 saturated carbocycles. The number of aromatic carboxylic acids is 1. The Bertz CT molecular complexity index is 865. The summed E-state index contributed by atoms with van der Waals surface area (Å²) in [5.74, 6) is -1.95. The lowest BCUT2D eigenvalue weighted by Crippen LogP contribution is -2.50. The molecule has 1 aromatic heterocycles. The highest BCUT2D eigenvalue weighted by Gasteiger charge is 2.22. The van der Waals surface area contributed by atoms with Crippen LogP contribution in [0, 0.1) is 5.82 Å². The van der Waals surface area contributed by atoms with Crippen molar-refractivity contribution in [1.82, 2.24) is 9.88 Å². The summed E-state index contributed by atoms with van der Waals surface area (Å²) in [6, 6.07) is 2.62. The van der Waals surface area contributed by atoms with Crippen molar-refractivity contribution >= 4 is 22.6 Å². The van der Waals surface area contributed by atoms with E-state index in [-0.39, 0.29) is 23.2 Å². The monoisotopic (exact) mass is 335 g/mol. The molecule has 128 valence electrons. The number of aliphatic hydroxyl groups excluding tert-OH is 1. The first-order valence-electron chi connectivity index (χ1n) is 7.68. The Morgan fingerprint density at radius 1 is 1.46 bits per heavy atom. The minimum atomic E-state index is -1.33. The van der Waals surface area contributed by atoms with Crippen LogP contribution in [-0.4, -0.2) is 46.6 Å². The molecule has 1 atom stereocenters. The molecular weight excluding hydrogens is 317 g/mol. The molecular formula is C16H18FN3O4. The Hall–Kier alpha value is -2.45. The minimum Gasteiger partial charge on any atom is -0.477 e. The van der Waals surface area contributed by atoms with Crippen LogP contribution in [0.1, 0.15) is 17.3 Å². The predicted molar refractivity (Wildman–Crippen MR) is 87.0 cm³/mol. The number of pyridine rings is 1. The summed E-state index contributed by atoms with van der Waals surface area (Å²) in [5, 5.41) is 21.7. The zero-order chi connectivity index (χ0) is 17.4. The molecule has 1 aliphatic heterocycles. The predicted octanol–water partition coefficient (Wildman–Crippen LogP) is 0.587. The van der Waals surface area contributed by atoms with Gasteiger partial charge in [-0.1, -0.05) is 0 Å². The molecule has 0 aliphatic carbocycles. The zero-order valence-corrected chi connectivity index (χ0v) is 13.1. The highest BCUT2D eigenvalue weighted by atomic mass is 19.1. The van der Waals surface area contributed by atoms with Gasteiger partial charge in [0.05, 0.1) is 17.7 Å². The summed E-state index contributed by atoms with van der Waals surface area (Å²) >= 11 is 0. The quantitative estimate of drug-likeness (QED) is 0.760. The number of hydrogen-bond donors (Lipinski definition) is 3. The normalized spacial score (nSPS) is 18.1. The molecule has 1 aromatic carbocycles. The van der Waals surface area contributed by atoms with Crippen LogP contribution in [0.4, 0.5) is 10.1 Å². The van der Waals surface area contributed by atoms with Crippen molar-refractivity contribution in [3.05, 3.63) is 39.9 Å². The third-order valence-corrected chi connectivity index (χ3v) is 4.22. The van der Waals surface area contributed by atoms with Gasteiger partial charge in [-0.05, 0) is 19.1 Å². The molecule has 24 heavy (non-hydrogen) atoms. The van der Waals surface area contributed by atoms with E-state index < -0.39 is 23.4 Å². The molecule has 0 radical (unpaired) electrons. The fraction of sp³-hybridized carbons (Fsp3) is 0.375. The van der Waals surface area contributed by atoms with Gasteiger partial charge < -0.3 is 19.7 Å². The average Bonchev–Trinajstić information content (AvgIpc) is 2.55. The van der Waals surface area contributed by atoms with Gasteiger partial charge in [0.15, 0.2) is 0 Å². The van der Waals surface area contributed by atoms with E-state index in [9.17, 15) is 19.1 Å². The van der Waals surface area contributed by atoms with Gasteiger partial charge in [0.25, 0.3) is 0 Å². The molecule has 2 aromatic rings. The average molecular weight is 335 g/mol. The molecule has 0 bridgehead atoms. The van der Waals surface area contributed by atoms with Crippen molar-refractivity contribution in [2.24, 2.45) is 0 Å². The van der Waals surface area contributed by atoms with E-state index >= 15 is 0 Å². The van der Waals surface area contributed by atoms with Crippen molar-refractivity contribution in [2.45, 2.75) is 19.7 Å². The van der Waals surface area contributed by atoms with E-state index in [0.717, 1.165) is 6.07 Å². The maximum absolute atomic E-state index is 14.5. The van der Waals surface area contributed by atoms with Crippen LogP contribution in [0.15, 0.2) is 23.1 Å². The number of carbonyl (C=O) groups is 1. The standard InChI is InChI=1S/C16H18FN3O4/c1-2-19-7-10(16(23)24)15(22)9-5-11(17)13(6-12(9)19)20-4-3-18-14(21)8-20/h5-7,14,18,21H,2-4,8H2,1H3,(H,23,24). The second-order valence-corrected chi connectivity index (χ2v) is 5.70. The highest BCUT2D eigenvalue weighted by Crippen LogP contribution is 2.26. The minimum absolute atomic E-state index is 0.0358. The molecule has 7 nitrogen and oxygen atoms in total. The Kier molecular flexibility index (Phi) is 4.25. The van der Waals surface area contributed by atoms with Gasteiger partial charge >= 0.3 is 5.97 Å². The van der Waals surface area contributed by atoms with Crippen LogP contribution >= 0.6 is 0 Å². The Labute approximate surface area is 136 Å². The van der Waals surface area contributed by atoms with E-state index in [1.807, 2.05) is 6.92 Å². The maximum atomic E-state index is 14.5. The first-order chi connectivity index (χ1) is 11.4. The second-order valence-electron chi connectivity index (χ2n) is 5.70. The number of aryl methyl sites for hydroxylation is 1. The summed E-state index contributed by atoms with van der Waals surface area (Å²) in [7, 11) is 0. The number of nitrogens with zero attached hydrogens (tertiary/aromatic N) is 2. The first-order valence-corrected chi connectivity index (χ1v) is 7.68. The summed E-state index contributed by atoms with van der Waals surface area (Å²) < 4.78 is 16.2. The SMILES string of the molecule is CCn1cc(C(=O)O)c(=O)c2cc(F)c(N3CCNC(O)C3)cc21. The van der Waals surface area contributed by atoms with Gasteiger partial charge in [0.2, 0.25) is 5.43 Å². The maximum Gasteiger partial charge on any atom is 0.341 e. The van der Waals surface area contributed by atoms with Crippen LogP contribution < -0.4 is 15.6 Å². The number of piperazine rings is 1. The molecule has 3 N–H and O–H groups in total. The smallest absolute Gasteiger partial charge is 0.341 e. The molecule has 0 spiro atoms. The molecule has 2 heterocycles. The number of halogens is 1. The number of nitrogens with one attached hydrogen (secondary N) is 1. The Morgan fingerprint density at radius 2 is 2.21 bits per heavy atom.